The van der Waals surface area contributed by atoms with Gasteiger partial charge in [0.05, 0.1) is 6.21 Å². The van der Waals surface area contributed by atoms with Gasteiger partial charge in [0.15, 0.2) is 5.69 Å². The Balaban J connectivity index is 0.00000225. The van der Waals surface area contributed by atoms with E-state index in [0.29, 0.717) is 5.69 Å². The molecule has 0 bridgehead atoms. The number of halogens is 1. The molecule has 4 rings (SSSR count). The van der Waals surface area contributed by atoms with Crippen molar-refractivity contribution in [3.63, 3.8) is 0 Å². The molecule has 0 aliphatic rings. The molecule has 0 saturated heterocycles. The molecule has 2 aromatic heterocycles. The summed E-state index contributed by atoms with van der Waals surface area (Å²) < 4.78 is 2.19. The molecule has 6 nitrogen and oxygen atoms in total. The van der Waals surface area contributed by atoms with Crippen LogP contribution in [0.1, 0.15) is 27.3 Å². The molecule has 0 fully saturated rings. The van der Waals surface area contributed by atoms with Crippen molar-refractivity contribution < 1.29 is 4.79 Å². The summed E-state index contributed by atoms with van der Waals surface area (Å²) in [7, 11) is 0. The van der Waals surface area contributed by atoms with Crippen molar-refractivity contribution in [1.29, 1.82) is 0 Å². The number of rotatable bonds is 5. The maximum atomic E-state index is 12.0. The van der Waals surface area contributed by atoms with Crippen LogP contribution < -0.4 is 5.43 Å². The second-order valence-electron chi connectivity index (χ2n) is 6.35. The van der Waals surface area contributed by atoms with E-state index in [1.54, 1.807) is 12.3 Å². The molecule has 0 aliphatic carbocycles. The largest absolute Gasteiger partial charge is 0.342 e. The van der Waals surface area contributed by atoms with Gasteiger partial charge in [-0.15, -0.1) is 12.4 Å². The second-order valence-corrected chi connectivity index (χ2v) is 6.35. The van der Waals surface area contributed by atoms with Crippen molar-refractivity contribution in [3.05, 3.63) is 89.4 Å². The number of hydrazone groups is 1. The third-order valence-electron chi connectivity index (χ3n) is 4.32. The number of para-hydroxylation sites is 1. The summed E-state index contributed by atoms with van der Waals surface area (Å²) in [5.74, 6) is -0.344. The fraction of sp³-hybridized carbons (Fsp3) is 0.0952. The third kappa shape index (κ3) is 4.13. The zero-order valence-electron chi connectivity index (χ0n) is 15.3. The number of hydrogen-bond acceptors (Lipinski definition) is 3. The van der Waals surface area contributed by atoms with Gasteiger partial charge < -0.3 is 4.57 Å². The average molecular weight is 394 g/mol. The molecule has 7 heteroatoms. The predicted molar refractivity (Wildman–Crippen MR) is 113 cm³/mol. The van der Waals surface area contributed by atoms with Gasteiger partial charge in [-0.25, -0.2) is 5.43 Å². The van der Waals surface area contributed by atoms with Crippen LogP contribution in [-0.2, 0) is 6.54 Å². The minimum atomic E-state index is -0.344. The van der Waals surface area contributed by atoms with E-state index in [9.17, 15) is 4.79 Å². The molecule has 0 atom stereocenters. The first-order chi connectivity index (χ1) is 13.2. The van der Waals surface area contributed by atoms with Crippen molar-refractivity contribution in [1.82, 2.24) is 20.2 Å². The van der Waals surface area contributed by atoms with Gasteiger partial charge in [-0.3, -0.25) is 9.89 Å². The third-order valence-corrected chi connectivity index (χ3v) is 4.32. The molecular weight excluding hydrogens is 374 g/mol. The quantitative estimate of drug-likeness (QED) is 0.398. The Labute approximate surface area is 168 Å². The molecule has 0 unspecified atom stereocenters. The normalized spacial score (nSPS) is 10.9. The maximum Gasteiger partial charge on any atom is 0.291 e. The van der Waals surface area contributed by atoms with E-state index in [2.05, 4.69) is 49.6 Å². The molecule has 0 radical (unpaired) electrons. The van der Waals surface area contributed by atoms with Crippen LogP contribution in [0.25, 0.3) is 10.9 Å². The Kier molecular flexibility index (Phi) is 5.91. The highest BCUT2D eigenvalue weighted by Crippen LogP contribution is 2.21. The standard InChI is InChI=1S/C21H19N5O.ClH/c1-15-11-19(24-23-15)21(27)25-22-12-17-14-26(13-16-7-3-2-4-8-16)20-10-6-5-9-18(17)20;/h2-12,14H,13H2,1H3,(H,23,24)(H,25,27);1H. The molecule has 2 heterocycles. The van der Waals surface area contributed by atoms with E-state index in [-0.39, 0.29) is 18.3 Å². The fourth-order valence-corrected chi connectivity index (χ4v) is 3.04. The number of carbonyl (C=O) groups is 1. The van der Waals surface area contributed by atoms with Gasteiger partial charge in [0.25, 0.3) is 5.91 Å². The van der Waals surface area contributed by atoms with E-state index in [1.165, 1.54) is 5.56 Å². The first-order valence-corrected chi connectivity index (χ1v) is 8.68. The van der Waals surface area contributed by atoms with Crippen LogP contribution in [0, 0.1) is 6.92 Å². The Morgan fingerprint density at radius 1 is 1.18 bits per heavy atom. The lowest BCUT2D eigenvalue weighted by molar-refractivity contribution is 0.0950. The predicted octanol–water partition coefficient (Wildman–Crippen LogP) is 3.91. The van der Waals surface area contributed by atoms with E-state index in [0.717, 1.165) is 28.7 Å². The molecule has 2 aromatic carbocycles. The Morgan fingerprint density at radius 3 is 2.68 bits per heavy atom. The summed E-state index contributed by atoms with van der Waals surface area (Å²) in [6, 6.07) is 20.1. The number of aromatic nitrogens is 3. The van der Waals surface area contributed by atoms with Gasteiger partial charge in [-0.05, 0) is 24.6 Å². The fourth-order valence-electron chi connectivity index (χ4n) is 3.04. The molecule has 0 aliphatic heterocycles. The molecule has 28 heavy (non-hydrogen) atoms. The highest BCUT2D eigenvalue weighted by atomic mass is 35.5. The smallest absolute Gasteiger partial charge is 0.291 e. The van der Waals surface area contributed by atoms with Gasteiger partial charge >= 0.3 is 0 Å². The van der Waals surface area contributed by atoms with Crippen LogP contribution in [0.15, 0.2) is 72.0 Å². The first kappa shape index (κ1) is 19.4. The summed E-state index contributed by atoms with van der Waals surface area (Å²) in [5.41, 5.74) is 6.96. The van der Waals surface area contributed by atoms with Crippen molar-refractivity contribution in [3.8, 4) is 0 Å². The minimum Gasteiger partial charge on any atom is -0.342 e. The summed E-state index contributed by atoms with van der Waals surface area (Å²) >= 11 is 0. The van der Waals surface area contributed by atoms with E-state index in [1.807, 2.05) is 43.5 Å². The topological polar surface area (TPSA) is 75.1 Å². The van der Waals surface area contributed by atoms with Crippen molar-refractivity contribution >= 4 is 35.4 Å². The van der Waals surface area contributed by atoms with E-state index in [4.69, 9.17) is 0 Å². The van der Waals surface area contributed by atoms with Crippen LogP contribution in [-0.4, -0.2) is 26.9 Å². The summed E-state index contributed by atoms with van der Waals surface area (Å²) in [6.07, 6.45) is 3.72. The Bertz CT molecular complexity index is 1110. The van der Waals surface area contributed by atoms with Crippen LogP contribution in [0.5, 0.6) is 0 Å². The van der Waals surface area contributed by atoms with Crippen LogP contribution in [0.2, 0.25) is 0 Å². The van der Waals surface area contributed by atoms with E-state index < -0.39 is 0 Å². The number of H-pyrrole nitrogens is 1. The van der Waals surface area contributed by atoms with E-state index >= 15 is 0 Å². The lowest BCUT2D eigenvalue weighted by Crippen LogP contribution is -2.17. The second kappa shape index (κ2) is 8.54. The van der Waals surface area contributed by atoms with Crippen LogP contribution in [0.4, 0.5) is 0 Å². The number of benzene rings is 2. The number of nitrogens with one attached hydrogen (secondary N) is 2. The average Bonchev–Trinajstić information content (AvgIpc) is 3.27. The number of amides is 1. The summed E-state index contributed by atoms with van der Waals surface area (Å²) in [5, 5.41) is 11.9. The number of aromatic amines is 1. The lowest BCUT2D eigenvalue weighted by atomic mass is 10.2. The molecule has 0 saturated carbocycles. The molecule has 1 amide bonds. The molecule has 4 aromatic rings. The maximum absolute atomic E-state index is 12.0. The van der Waals surface area contributed by atoms with Gasteiger partial charge in [0.1, 0.15) is 0 Å². The molecule has 0 spiro atoms. The summed E-state index contributed by atoms with van der Waals surface area (Å²) in [6.45, 7) is 2.61. The number of carbonyl (C=O) groups excluding carboxylic acids is 1. The molecular formula is C21H20ClN5O. The lowest BCUT2D eigenvalue weighted by Gasteiger charge is -2.05. The zero-order chi connectivity index (χ0) is 18.6. The molecule has 2 N–H and O–H groups in total. The molecule has 142 valence electrons. The monoisotopic (exact) mass is 393 g/mol. The van der Waals surface area contributed by atoms with Gasteiger partial charge in [0.2, 0.25) is 0 Å². The number of aryl methyl sites for hydroxylation is 1. The summed E-state index contributed by atoms with van der Waals surface area (Å²) in [4.78, 5) is 12.0. The van der Waals surface area contributed by atoms with Crippen molar-refractivity contribution in [2.75, 3.05) is 0 Å². The Hall–Kier alpha value is -3.38. The number of hydrogen-bond donors (Lipinski definition) is 2. The van der Waals surface area contributed by atoms with Crippen molar-refractivity contribution in [2.45, 2.75) is 13.5 Å². The Morgan fingerprint density at radius 2 is 1.93 bits per heavy atom. The zero-order valence-corrected chi connectivity index (χ0v) is 16.1. The van der Waals surface area contributed by atoms with Gasteiger partial charge in [0, 0.05) is 34.9 Å². The minimum absolute atomic E-state index is 0. The highest BCUT2D eigenvalue weighted by molar-refractivity contribution is 6.00. The highest BCUT2D eigenvalue weighted by Gasteiger charge is 2.09. The van der Waals surface area contributed by atoms with Crippen LogP contribution in [0.3, 0.4) is 0 Å². The van der Waals surface area contributed by atoms with Gasteiger partial charge in [-0.2, -0.15) is 10.2 Å². The number of nitrogens with zero attached hydrogens (tertiary/aromatic N) is 3. The number of fused-ring (bicyclic) bond motifs is 1. The van der Waals surface area contributed by atoms with Crippen molar-refractivity contribution in [2.24, 2.45) is 5.10 Å². The SMILES string of the molecule is Cc1cc(C(=O)NN=Cc2cn(Cc3ccccc3)c3ccccc23)n[nH]1.Cl. The van der Waals surface area contributed by atoms with Gasteiger partial charge in [-0.1, -0.05) is 48.5 Å². The van der Waals surface area contributed by atoms with Crippen LogP contribution >= 0.6 is 12.4 Å². The first-order valence-electron chi connectivity index (χ1n) is 8.68.